The fourth-order valence-corrected chi connectivity index (χ4v) is 2.90. The lowest BCUT2D eigenvalue weighted by atomic mass is 10.1. The van der Waals surface area contributed by atoms with Crippen LogP contribution in [-0.2, 0) is 0 Å². The lowest BCUT2D eigenvalue weighted by molar-refractivity contribution is -0.385. The third kappa shape index (κ3) is 3.61. The van der Waals surface area contributed by atoms with Crippen molar-refractivity contribution in [1.29, 1.82) is 0 Å². The van der Waals surface area contributed by atoms with Crippen LogP contribution >= 0.6 is 31.9 Å². The smallest absolute Gasteiger partial charge is 0.312 e. The van der Waals surface area contributed by atoms with Gasteiger partial charge in [-0.05, 0) is 46.6 Å². The van der Waals surface area contributed by atoms with Crippen LogP contribution in [0.2, 0.25) is 0 Å². The molecule has 5 nitrogen and oxygen atoms in total. The molecule has 110 valence electrons. The molecule has 0 radical (unpaired) electrons. The van der Waals surface area contributed by atoms with Gasteiger partial charge in [0.2, 0.25) is 5.75 Å². The number of aliphatic hydroxyl groups excluding tert-OH is 1. The van der Waals surface area contributed by atoms with E-state index in [4.69, 9.17) is 4.74 Å². The molecule has 0 amide bonds. The molecule has 0 saturated heterocycles. The van der Waals surface area contributed by atoms with Crippen molar-refractivity contribution >= 4 is 37.5 Å². The van der Waals surface area contributed by atoms with E-state index in [0.717, 1.165) is 0 Å². The Kier molecular flexibility index (Phi) is 4.97. The summed E-state index contributed by atoms with van der Waals surface area (Å²) in [5.74, 6) is 0.570. The molecule has 1 N–H and O–H groups in total. The molecule has 0 spiro atoms. The Morgan fingerprint density at radius 3 is 2.52 bits per heavy atom. The number of hydrogen-bond acceptors (Lipinski definition) is 4. The highest BCUT2D eigenvalue weighted by molar-refractivity contribution is 9.10. The summed E-state index contributed by atoms with van der Waals surface area (Å²) in [5, 5.41) is 20.6. The van der Waals surface area contributed by atoms with Crippen molar-refractivity contribution in [3.8, 4) is 11.5 Å². The van der Waals surface area contributed by atoms with E-state index in [1.807, 2.05) is 0 Å². The van der Waals surface area contributed by atoms with Crippen molar-refractivity contribution in [3.63, 3.8) is 0 Å². The summed E-state index contributed by atoms with van der Waals surface area (Å²) in [6, 6.07) is 9.62. The predicted molar refractivity (Wildman–Crippen MR) is 85.6 cm³/mol. The van der Waals surface area contributed by atoms with Crippen molar-refractivity contribution in [2.24, 2.45) is 0 Å². The number of nitro benzene ring substituents is 1. The zero-order chi connectivity index (χ0) is 15.6. The third-order valence-electron chi connectivity index (χ3n) is 2.78. The monoisotopic (exact) mass is 415 g/mol. The van der Waals surface area contributed by atoms with E-state index in [1.165, 1.54) is 6.07 Å². The van der Waals surface area contributed by atoms with Crippen LogP contribution in [0.1, 0.15) is 18.6 Å². The quantitative estimate of drug-likeness (QED) is 0.564. The van der Waals surface area contributed by atoms with Gasteiger partial charge < -0.3 is 9.84 Å². The summed E-state index contributed by atoms with van der Waals surface area (Å²) >= 11 is 6.59. The van der Waals surface area contributed by atoms with Crippen molar-refractivity contribution in [1.82, 2.24) is 0 Å². The minimum absolute atomic E-state index is 0.125. The van der Waals surface area contributed by atoms with Crippen LogP contribution in [-0.4, -0.2) is 10.0 Å². The largest absolute Gasteiger partial charge is 0.449 e. The second-order valence-electron chi connectivity index (χ2n) is 4.31. The molecule has 0 saturated carbocycles. The maximum atomic E-state index is 11.0. The summed E-state index contributed by atoms with van der Waals surface area (Å²) in [6.07, 6.45) is -0.619. The first-order chi connectivity index (χ1) is 9.90. The van der Waals surface area contributed by atoms with E-state index in [-0.39, 0.29) is 11.4 Å². The molecule has 0 unspecified atom stereocenters. The van der Waals surface area contributed by atoms with E-state index in [0.29, 0.717) is 20.3 Å². The summed E-state index contributed by atoms with van der Waals surface area (Å²) in [6.45, 7) is 1.65. The van der Waals surface area contributed by atoms with Gasteiger partial charge in [0, 0.05) is 10.5 Å². The Morgan fingerprint density at radius 2 is 1.95 bits per heavy atom. The molecule has 7 heteroatoms. The molecule has 0 aliphatic rings. The number of rotatable bonds is 4. The van der Waals surface area contributed by atoms with Gasteiger partial charge in [-0.3, -0.25) is 10.1 Å². The molecule has 0 heterocycles. The number of halogens is 2. The molecule has 2 aromatic carbocycles. The number of hydrogen-bond donors (Lipinski definition) is 1. The van der Waals surface area contributed by atoms with E-state index in [2.05, 4.69) is 31.9 Å². The summed E-state index contributed by atoms with van der Waals surface area (Å²) in [4.78, 5) is 10.5. The van der Waals surface area contributed by atoms with Gasteiger partial charge in [0.1, 0.15) is 5.75 Å². The molecule has 2 aromatic rings. The van der Waals surface area contributed by atoms with E-state index < -0.39 is 11.0 Å². The highest BCUT2D eigenvalue weighted by Crippen LogP contribution is 2.39. The van der Waals surface area contributed by atoms with Gasteiger partial charge in [-0.2, -0.15) is 0 Å². The fraction of sp³-hybridized carbons (Fsp3) is 0.143. The molecule has 0 aromatic heterocycles. The molecular formula is C14H11Br2NO4. The minimum Gasteiger partial charge on any atom is -0.449 e. The van der Waals surface area contributed by atoms with Crippen molar-refractivity contribution in [2.45, 2.75) is 13.0 Å². The Hall–Kier alpha value is -1.44. The van der Waals surface area contributed by atoms with Gasteiger partial charge in [0.05, 0.1) is 15.5 Å². The molecule has 0 aliphatic heterocycles. The summed E-state index contributed by atoms with van der Waals surface area (Å²) in [5.41, 5.74) is 0.587. The molecule has 1 atom stereocenters. The molecule has 0 aliphatic carbocycles. The van der Waals surface area contributed by atoms with Gasteiger partial charge in [0.25, 0.3) is 0 Å². The maximum absolute atomic E-state index is 11.0. The number of para-hydroxylation sites is 1. The van der Waals surface area contributed by atoms with Crippen molar-refractivity contribution in [3.05, 3.63) is 61.0 Å². The Bertz CT molecular complexity index is 689. The third-order valence-corrected chi connectivity index (χ3v) is 4.10. The average molecular weight is 417 g/mol. The molecule has 21 heavy (non-hydrogen) atoms. The van der Waals surface area contributed by atoms with Crippen LogP contribution in [0.4, 0.5) is 5.69 Å². The zero-order valence-electron chi connectivity index (χ0n) is 10.9. The Labute approximate surface area is 138 Å². The van der Waals surface area contributed by atoms with E-state index in [9.17, 15) is 15.2 Å². The normalized spacial score (nSPS) is 12.0. The molecule has 0 bridgehead atoms. The van der Waals surface area contributed by atoms with Gasteiger partial charge in [0.15, 0.2) is 0 Å². The molecule has 2 rings (SSSR count). The Balaban J connectivity index is 2.39. The predicted octanol–water partition coefficient (Wildman–Crippen LogP) is 4.97. The highest BCUT2D eigenvalue weighted by Gasteiger charge is 2.19. The second kappa shape index (κ2) is 6.55. The van der Waals surface area contributed by atoms with Gasteiger partial charge in [-0.15, -0.1) is 0 Å². The van der Waals surface area contributed by atoms with E-state index >= 15 is 0 Å². The van der Waals surface area contributed by atoms with Crippen molar-refractivity contribution < 1.29 is 14.8 Å². The Morgan fingerprint density at radius 1 is 1.24 bits per heavy atom. The van der Waals surface area contributed by atoms with Gasteiger partial charge >= 0.3 is 5.69 Å². The maximum Gasteiger partial charge on any atom is 0.312 e. The van der Waals surface area contributed by atoms with Crippen molar-refractivity contribution in [2.75, 3.05) is 0 Å². The first kappa shape index (κ1) is 15.9. The summed E-state index contributed by atoms with van der Waals surface area (Å²) in [7, 11) is 0. The molecule has 0 fully saturated rings. The topological polar surface area (TPSA) is 72.6 Å². The average Bonchev–Trinajstić information content (AvgIpc) is 2.40. The fourth-order valence-electron chi connectivity index (χ4n) is 1.77. The lowest BCUT2D eigenvalue weighted by Crippen LogP contribution is -1.96. The van der Waals surface area contributed by atoms with Crippen LogP contribution in [0.5, 0.6) is 11.5 Å². The highest BCUT2D eigenvalue weighted by atomic mass is 79.9. The SMILES string of the molecule is C[C@@H](O)c1ccc(Oc2c(Br)cccc2[N+](=O)[O-])cc1Br. The number of nitro groups is 1. The standard InChI is InChI=1S/C14H11Br2NO4/c1-8(18)10-6-5-9(7-12(10)16)21-14-11(15)3-2-4-13(14)17(19)20/h2-8,18H,1H3/t8-/m1/s1. The molecular weight excluding hydrogens is 406 g/mol. The number of nitrogens with zero attached hydrogens (tertiary/aromatic N) is 1. The number of aliphatic hydroxyl groups is 1. The van der Waals surface area contributed by atoms with Gasteiger partial charge in [-0.25, -0.2) is 0 Å². The van der Waals surface area contributed by atoms with Crippen LogP contribution in [0.15, 0.2) is 45.3 Å². The van der Waals surface area contributed by atoms with Gasteiger partial charge in [-0.1, -0.05) is 28.1 Å². The second-order valence-corrected chi connectivity index (χ2v) is 6.02. The lowest BCUT2D eigenvalue weighted by Gasteiger charge is -2.11. The van der Waals surface area contributed by atoms with Crippen LogP contribution in [0, 0.1) is 10.1 Å². The first-order valence-corrected chi connectivity index (χ1v) is 7.57. The number of benzene rings is 2. The van der Waals surface area contributed by atoms with Crippen LogP contribution < -0.4 is 4.74 Å². The zero-order valence-corrected chi connectivity index (χ0v) is 14.1. The number of ether oxygens (including phenoxy) is 1. The minimum atomic E-state index is -0.619. The van der Waals surface area contributed by atoms with E-state index in [1.54, 1.807) is 37.3 Å². The summed E-state index contributed by atoms with van der Waals surface area (Å²) < 4.78 is 6.78. The first-order valence-electron chi connectivity index (χ1n) is 5.98. The van der Waals surface area contributed by atoms with Crippen LogP contribution in [0.25, 0.3) is 0 Å². The van der Waals surface area contributed by atoms with Crippen LogP contribution in [0.3, 0.4) is 0 Å².